The summed E-state index contributed by atoms with van der Waals surface area (Å²) in [6, 6.07) is 21.3. The van der Waals surface area contributed by atoms with Crippen LogP contribution in [0.15, 0.2) is 77.4 Å². The van der Waals surface area contributed by atoms with Crippen LogP contribution in [-0.4, -0.2) is 6.61 Å². The van der Waals surface area contributed by atoms with Gasteiger partial charge in [-0.3, -0.25) is 0 Å². The Morgan fingerprint density at radius 1 is 0.880 bits per heavy atom. The van der Waals surface area contributed by atoms with Gasteiger partial charge in [0.25, 0.3) is 16.9 Å². The molecule has 4 aromatic rings. The van der Waals surface area contributed by atoms with E-state index in [1.165, 1.54) is 10.8 Å². The van der Waals surface area contributed by atoms with E-state index in [0.717, 1.165) is 33.8 Å². The summed E-state index contributed by atoms with van der Waals surface area (Å²) in [5, 5.41) is 2.48. The molecule has 0 N–H and O–H groups in total. The Kier molecular flexibility index (Phi) is 3.81. The largest absolute Gasteiger partial charge is 0.498 e. The monoisotopic (exact) mass is 329 g/mol. The van der Waals surface area contributed by atoms with E-state index in [9.17, 15) is 0 Å². The number of fused-ring (bicyclic) bond motifs is 3. The standard InChI is InChI=1S/C23H21O2/c1-4-13-24-23-16(2)14-18(15-17(23)3)25-21-11-7-5-9-19(21)20-10-6-8-12-22(20)25/h4-12,14-15H,1,13H2,2-3H3/q+1. The zero-order valence-corrected chi connectivity index (χ0v) is 14.6. The Morgan fingerprint density at radius 2 is 1.40 bits per heavy atom. The van der Waals surface area contributed by atoms with E-state index in [4.69, 9.17) is 4.74 Å². The zero-order valence-electron chi connectivity index (χ0n) is 14.6. The van der Waals surface area contributed by atoms with Crippen LogP contribution in [0.4, 0.5) is 0 Å². The van der Waals surface area contributed by atoms with Crippen LogP contribution in [-0.2, 0) is 0 Å². The normalized spacial score (nSPS) is 11.1. The molecule has 1 aromatic heterocycles. The topological polar surface area (TPSA) is 11.9 Å². The molecule has 3 aromatic carbocycles. The van der Waals surface area contributed by atoms with E-state index in [0.29, 0.717) is 6.61 Å². The molecular formula is C23H21O2+. The van der Waals surface area contributed by atoms with Crippen LogP contribution in [0.2, 0.25) is 0 Å². The fraction of sp³-hybridized carbons (Fsp3) is 0.130. The Bertz CT molecular complexity index is 1010. The van der Waals surface area contributed by atoms with Gasteiger partial charge in [-0.2, -0.15) is 0 Å². The molecule has 0 saturated heterocycles. The summed E-state index contributed by atoms with van der Waals surface area (Å²) in [6.07, 6.45) is 1.77. The van der Waals surface area contributed by atoms with Gasteiger partial charge in [0.05, 0.1) is 10.8 Å². The molecule has 0 spiro atoms. The first kappa shape index (κ1) is 15.5. The van der Waals surface area contributed by atoms with E-state index >= 15 is 0 Å². The van der Waals surface area contributed by atoms with Crippen LogP contribution in [0.3, 0.4) is 0 Å². The quantitative estimate of drug-likeness (QED) is 0.310. The summed E-state index contributed by atoms with van der Waals surface area (Å²) in [5.41, 5.74) is 4.52. The van der Waals surface area contributed by atoms with Crippen LogP contribution < -0.4 is 4.74 Å². The van der Waals surface area contributed by atoms with Crippen molar-refractivity contribution in [2.45, 2.75) is 13.8 Å². The minimum absolute atomic E-state index is 0.517. The molecule has 0 saturated carbocycles. The van der Waals surface area contributed by atoms with Gasteiger partial charge in [-0.1, -0.05) is 36.9 Å². The van der Waals surface area contributed by atoms with Crippen molar-refractivity contribution in [1.29, 1.82) is 0 Å². The van der Waals surface area contributed by atoms with Gasteiger partial charge in [-0.05, 0) is 26.0 Å². The maximum Gasteiger partial charge on any atom is 0.275 e. The predicted molar refractivity (Wildman–Crippen MR) is 105 cm³/mol. The van der Waals surface area contributed by atoms with E-state index in [2.05, 4.69) is 85.1 Å². The second-order valence-electron chi connectivity index (χ2n) is 6.28. The third-order valence-electron chi connectivity index (χ3n) is 4.52. The molecule has 1 heterocycles. The first-order valence-electron chi connectivity index (χ1n) is 8.48. The van der Waals surface area contributed by atoms with Gasteiger partial charge in [0.1, 0.15) is 12.4 Å². The van der Waals surface area contributed by atoms with Gasteiger partial charge >= 0.3 is 0 Å². The van der Waals surface area contributed by atoms with Gasteiger partial charge in [0, 0.05) is 35.4 Å². The molecule has 0 amide bonds. The maximum atomic E-state index is 5.83. The number of benzene rings is 3. The van der Waals surface area contributed by atoms with Gasteiger partial charge < -0.3 is 8.78 Å². The van der Waals surface area contributed by atoms with Crippen molar-refractivity contribution in [2.24, 2.45) is 0 Å². The third-order valence-corrected chi connectivity index (χ3v) is 4.52. The van der Waals surface area contributed by atoms with Gasteiger partial charge in [-0.15, -0.1) is 0 Å². The molecule has 0 atom stereocenters. The van der Waals surface area contributed by atoms with E-state index in [-0.39, 0.29) is 0 Å². The summed E-state index contributed by atoms with van der Waals surface area (Å²) in [5.74, 6) is 2.02. The Hall–Kier alpha value is -3.00. The highest BCUT2D eigenvalue weighted by molar-refractivity contribution is 6.05. The number of para-hydroxylation sites is 2. The van der Waals surface area contributed by atoms with Crippen molar-refractivity contribution in [3.63, 3.8) is 0 Å². The predicted octanol–water partition coefficient (Wildman–Crippen LogP) is 6.44. The van der Waals surface area contributed by atoms with Crippen LogP contribution in [0.25, 0.3) is 27.7 Å². The molecule has 124 valence electrons. The first-order valence-corrected chi connectivity index (χ1v) is 8.48. The summed E-state index contributed by atoms with van der Waals surface area (Å²) < 4.78 is 9.19. The van der Waals surface area contributed by atoms with E-state index in [1.54, 1.807) is 6.08 Å². The van der Waals surface area contributed by atoms with Crippen LogP contribution in [0, 0.1) is 13.8 Å². The number of ether oxygens (including phenoxy) is 1. The maximum absolute atomic E-state index is 5.83. The Morgan fingerprint density at radius 3 is 1.92 bits per heavy atom. The average molecular weight is 329 g/mol. The minimum Gasteiger partial charge on any atom is -0.498 e. The summed E-state index contributed by atoms with van der Waals surface area (Å²) >= 11 is 0. The van der Waals surface area contributed by atoms with E-state index < -0.39 is 0 Å². The molecule has 0 fully saturated rings. The molecule has 2 heteroatoms. The molecule has 0 aliphatic rings. The van der Waals surface area contributed by atoms with Crippen molar-refractivity contribution >= 4 is 21.9 Å². The van der Waals surface area contributed by atoms with Crippen LogP contribution >= 0.6 is 0 Å². The van der Waals surface area contributed by atoms with Crippen molar-refractivity contribution < 1.29 is 8.78 Å². The lowest BCUT2D eigenvalue weighted by atomic mass is 10.1. The van der Waals surface area contributed by atoms with Gasteiger partial charge in [0.15, 0.2) is 0 Å². The number of furan rings is 1. The molecule has 0 radical (unpaired) electrons. The zero-order chi connectivity index (χ0) is 17.4. The van der Waals surface area contributed by atoms with Gasteiger partial charge in [0.2, 0.25) is 0 Å². The molecule has 0 bridgehead atoms. The SMILES string of the molecule is C=CCOc1c(C)cc(-[o+]2c3ccccc3c3ccccc32)cc1C. The molecular weight excluding hydrogens is 308 g/mol. The van der Waals surface area contributed by atoms with E-state index in [1.807, 2.05) is 0 Å². The van der Waals surface area contributed by atoms with Crippen molar-refractivity contribution in [3.05, 3.63) is 84.4 Å². The second kappa shape index (κ2) is 6.14. The Labute approximate surface area is 147 Å². The fourth-order valence-electron chi connectivity index (χ4n) is 3.51. The van der Waals surface area contributed by atoms with Crippen LogP contribution in [0.1, 0.15) is 11.1 Å². The smallest absolute Gasteiger partial charge is 0.275 e. The second-order valence-corrected chi connectivity index (χ2v) is 6.28. The van der Waals surface area contributed by atoms with Crippen molar-refractivity contribution in [1.82, 2.24) is 0 Å². The minimum atomic E-state index is 0.517. The molecule has 0 aliphatic heterocycles. The summed E-state index contributed by atoms with van der Waals surface area (Å²) in [4.78, 5) is 0. The molecule has 2 nitrogen and oxygen atoms in total. The fourth-order valence-corrected chi connectivity index (χ4v) is 3.51. The lowest BCUT2D eigenvalue weighted by Crippen LogP contribution is -1.98. The number of aryl methyl sites for hydroxylation is 2. The number of rotatable bonds is 4. The first-order chi connectivity index (χ1) is 12.2. The lowest BCUT2D eigenvalue weighted by molar-refractivity contribution is 0.352. The summed E-state index contributed by atoms with van der Waals surface area (Å²) in [6.45, 7) is 8.42. The number of hydrogen-bond donors (Lipinski definition) is 0. The van der Waals surface area contributed by atoms with Gasteiger partial charge in [-0.25, -0.2) is 0 Å². The lowest BCUT2D eigenvalue weighted by Gasteiger charge is -2.12. The highest BCUT2D eigenvalue weighted by Gasteiger charge is 2.21. The highest BCUT2D eigenvalue weighted by Crippen LogP contribution is 2.40. The highest BCUT2D eigenvalue weighted by atomic mass is 16.6. The summed E-state index contributed by atoms with van der Waals surface area (Å²) in [7, 11) is 0. The molecule has 0 aliphatic carbocycles. The van der Waals surface area contributed by atoms with Crippen LogP contribution in [0.5, 0.6) is 5.75 Å². The molecule has 25 heavy (non-hydrogen) atoms. The Balaban J connectivity index is 1.99. The number of hydrogen-bond acceptors (Lipinski definition) is 1. The van der Waals surface area contributed by atoms with Crippen molar-refractivity contribution in [2.75, 3.05) is 6.61 Å². The average Bonchev–Trinajstić information content (AvgIpc) is 2.95. The molecule has 0 unspecified atom stereocenters. The van der Waals surface area contributed by atoms with Crippen molar-refractivity contribution in [3.8, 4) is 11.5 Å². The molecule has 4 rings (SSSR count). The third kappa shape index (κ3) is 2.51.